The number of benzene rings is 1. The molecule has 0 saturated heterocycles. The van der Waals surface area contributed by atoms with E-state index < -0.39 is 11.6 Å². The van der Waals surface area contributed by atoms with Gasteiger partial charge in [0.05, 0.1) is 6.54 Å². The minimum Gasteiger partial charge on any atom is -0.485 e. The van der Waals surface area contributed by atoms with Crippen molar-refractivity contribution in [3.8, 4) is 5.75 Å². The van der Waals surface area contributed by atoms with E-state index in [1.807, 2.05) is 19.9 Å². The van der Waals surface area contributed by atoms with Gasteiger partial charge >= 0.3 is 0 Å². The van der Waals surface area contributed by atoms with Crippen LogP contribution in [0.15, 0.2) is 34.7 Å². The van der Waals surface area contributed by atoms with Crippen molar-refractivity contribution < 1.29 is 17.9 Å². The van der Waals surface area contributed by atoms with Crippen molar-refractivity contribution in [2.75, 3.05) is 0 Å². The monoisotopic (exact) mass is 281 g/mol. The molecule has 0 atom stereocenters. The average Bonchev–Trinajstić information content (AvgIpc) is 2.81. The highest BCUT2D eigenvalue weighted by Crippen LogP contribution is 2.17. The average molecular weight is 281 g/mol. The van der Waals surface area contributed by atoms with Crippen LogP contribution < -0.4 is 10.1 Å². The Morgan fingerprint density at radius 2 is 1.75 bits per heavy atom. The Morgan fingerprint density at radius 3 is 2.40 bits per heavy atom. The molecule has 2 aromatic rings. The molecule has 0 bridgehead atoms. The van der Waals surface area contributed by atoms with Crippen LogP contribution in [0, 0.1) is 11.6 Å². The zero-order chi connectivity index (χ0) is 14.5. The molecule has 1 aromatic carbocycles. The molecule has 20 heavy (non-hydrogen) atoms. The second kappa shape index (κ2) is 6.52. The highest BCUT2D eigenvalue weighted by Gasteiger charge is 2.06. The molecule has 0 aliphatic heterocycles. The molecule has 0 radical (unpaired) electrons. The van der Waals surface area contributed by atoms with Gasteiger partial charge in [0.15, 0.2) is 0 Å². The maximum atomic E-state index is 13.0. The maximum Gasteiger partial charge on any atom is 0.146 e. The van der Waals surface area contributed by atoms with Crippen LogP contribution in [-0.4, -0.2) is 6.04 Å². The zero-order valence-electron chi connectivity index (χ0n) is 11.5. The second-order valence-electron chi connectivity index (χ2n) is 4.80. The van der Waals surface area contributed by atoms with Crippen molar-refractivity contribution in [2.24, 2.45) is 0 Å². The Hall–Kier alpha value is -1.88. The van der Waals surface area contributed by atoms with E-state index in [2.05, 4.69) is 5.32 Å². The predicted molar refractivity (Wildman–Crippen MR) is 71.4 cm³/mol. The van der Waals surface area contributed by atoms with E-state index in [1.54, 1.807) is 6.07 Å². The molecule has 0 amide bonds. The summed E-state index contributed by atoms with van der Waals surface area (Å²) >= 11 is 0. The van der Waals surface area contributed by atoms with Gasteiger partial charge in [0.2, 0.25) is 0 Å². The fraction of sp³-hybridized carbons (Fsp3) is 0.333. The Morgan fingerprint density at radius 1 is 1.10 bits per heavy atom. The van der Waals surface area contributed by atoms with E-state index in [0.29, 0.717) is 18.3 Å². The first-order chi connectivity index (χ1) is 9.52. The molecule has 5 heteroatoms. The van der Waals surface area contributed by atoms with Gasteiger partial charge in [-0.15, -0.1) is 0 Å². The number of hydrogen-bond acceptors (Lipinski definition) is 3. The molecule has 0 fully saturated rings. The Balaban J connectivity index is 1.90. The Bertz CT molecular complexity index is 547. The first kappa shape index (κ1) is 14.5. The van der Waals surface area contributed by atoms with Gasteiger partial charge in [0.1, 0.15) is 35.5 Å². The third-order valence-corrected chi connectivity index (χ3v) is 2.62. The minimum absolute atomic E-state index is 0.130. The van der Waals surface area contributed by atoms with E-state index >= 15 is 0 Å². The van der Waals surface area contributed by atoms with Gasteiger partial charge in [0.25, 0.3) is 0 Å². The molecule has 0 aliphatic rings. The molecule has 0 spiro atoms. The summed E-state index contributed by atoms with van der Waals surface area (Å²) in [5.41, 5.74) is 0. The summed E-state index contributed by atoms with van der Waals surface area (Å²) in [6, 6.07) is 7.07. The van der Waals surface area contributed by atoms with Gasteiger partial charge in [-0.1, -0.05) is 13.8 Å². The van der Waals surface area contributed by atoms with Crippen molar-refractivity contribution in [3.05, 3.63) is 53.5 Å². The number of halogens is 2. The molecule has 2 rings (SSSR count). The summed E-state index contributed by atoms with van der Waals surface area (Å²) in [5.74, 6) is 0.209. The van der Waals surface area contributed by atoms with Gasteiger partial charge < -0.3 is 14.5 Å². The SMILES string of the molecule is CC(C)NCc1ccc(COc2cc(F)cc(F)c2)o1. The third-order valence-electron chi connectivity index (χ3n) is 2.62. The van der Waals surface area contributed by atoms with Gasteiger partial charge in [0, 0.05) is 24.2 Å². The van der Waals surface area contributed by atoms with Crippen molar-refractivity contribution in [1.29, 1.82) is 0 Å². The molecule has 1 N–H and O–H groups in total. The predicted octanol–water partition coefficient (Wildman–Crippen LogP) is 3.63. The van der Waals surface area contributed by atoms with Crippen LogP contribution in [0.2, 0.25) is 0 Å². The molecular weight excluding hydrogens is 264 g/mol. The summed E-state index contributed by atoms with van der Waals surface area (Å²) in [4.78, 5) is 0. The molecule has 108 valence electrons. The summed E-state index contributed by atoms with van der Waals surface area (Å²) in [6.07, 6.45) is 0. The molecule has 0 saturated carbocycles. The smallest absolute Gasteiger partial charge is 0.146 e. The number of nitrogens with one attached hydrogen (secondary N) is 1. The largest absolute Gasteiger partial charge is 0.485 e. The molecule has 1 heterocycles. The van der Waals surface area contributed by atoms with Crippen LogP contribution in [0.5, 0.6) is 5.75 Å². The van der Waals surface area contributed by atoms with Gasteiger partial charge in [-0.25, -0.2) is 8.78 Å². The van der Waals surface area contributed by atoms with E-state index in [1.165, 1.54) is 0 Å². The van der Waals surface area contributed by atoms with Crippen LogP contribution in [0.3, 0.4) is 0 Å². The van der Waals surface area contributed by atoms with Gasteiger partial charge in [-0.3, -0.25) is 0 Å². The lowest BCUT2D eigenvalue weighted by atomic mass is 10.3. The van der Waals surface area contributed by atoms with Crippen LogP contribution in [0.4, 0.5) is 8.78 Å². The maximum absolute atomic E-state index is 13.0. The second-order valence-corrected chi connectivity index (χ2v) is 4.80. The standard InChI is InChI=1S/C15H17F2NO2/c1-10(2)18-8-13-3-4-14(20-13)9-19-15-6-11(16)5-12(17)7-15/h3-7,10,18H,8-9H2,1-2H3. The molecular formula is C15H17F2NO2. The first-order valence-corrected chi connectivity index (χ1v) is 6.43. The molecule has 1 aromatic heterocycles. The van der Waals surface area contributed by atoms with Gasteiger partial charge in [-0.05, 0) is 12.1 Å². The van der Waals surface area contributed by atoms with Crippen molar-refractivity contribution in [1.82, 2.24) is 5.32 Å². The van der Waals surface area contributed by atoms with Crippen molar-refractivity contribution in [2.45, 2.75) is 33.0 Å². The zero-order valence-corrected chi connectivity index (χ0v) is 11.5. The number of furan rings is 1. The lowest BCUT2D eigenvalue weighted by molar-refractivity contribution is 0.262. The van der Waals surface area contributed by atoms with E-state index in [4.69, 9.17) is 9.15 Å². The number of rotatable bonds is 6. The molecule has 3 nitrogen and oxygen atoms in total. The van der Waals surface area contributed by atoms with Crippen LogP contribution >= 0.6 is 0 Å². The van der Waals surface area contributed by atoms with E-state index in [9.17, 15) is 8.78 Å². The molecule has 0 unspecified atom stereocenters. The van der Waals surface area contributed by atoms with Crippen molar-refractivity contribution >= 4 is 0 Å². The highest BCUT2D eigenvalue weighted by atomic mass is 19.1. The summed E-state index contributed by atoms with van der Waals surface area (Å²) in [5, 5.41) is 3.23. The van der Waals surface area contributed by atoms with Crippen LogP contribution in [-0.2, 0) is 13.2 Å². The van der Waals surface area contributed by atoms with Crippen LogP contribution in [0.1, 0.15) is 25.4 Å². The topological polar surface area (TPSA) is 34.4 Å². The first-order valence-electron chi connectivity index (χ1n) is 6.43. The third kappa shape index (κ3) is 4.35. The van der Waals surface area contributed by atoms with Crippen molar-refractivity contribution in [3.63, 3.8) is 0 Å². The minimum atomic E-state index is -0.665. The summed E-state index contributed by atoms with van der Waals surface area (Å²) in [7, 11) is 0. The van der Waals surface area contributed by atoms with Gasteiger partial charge in [-0.2, -0.15) is 0 Å². The fourth-order valence-electron chi connectivity index (χ4n) is 1.67. The Labute approximate surface area is 116 Å². The number of ether oxygens (including phenoxy) is 1. The summed E-state index contributed by atoms with van der Waals surface area (Å²) in [6.45, 7) is 4.85. The number of hydrogen-bond donors (Lipinski definition) is 1. The quantitative estimate of drug-likeness (QED) is 0.878. The Kier molecular flexibility index (Phi) is 4.74. The fourth-order valence-corrected chi connectivity index (χ4v) is 1.67. The normalized spacial score (nSPS) is 11.1. The lowest BCUT2D eigenvalue weighted by Gasteiger charge is -2.06. The van der Waals surface area contributed by atoms with E-state index in [0.717, 1.165) is 24.0 Å². The van der Waals surface area contributed by atoms with Crippen LogP contribution in [0.25, 0.3) is 0 Å². The highest BCUT2D eigenvalue weighted by molar-refractivity contribution is 5.24. The summed E-state index contributed by atoms with van der Waals surface area (Å²) < 4.78 is 36.8. The lowest BCUT2D eigenvalue weighted by Crippen LogP contribution is -2.21. The molecule has 0 aliphatic carbocycles. The van der Waals surface area contributed by atoms with E-state index in [-0.39, 0.29) is 12.4 Å².